The molecule has 1 amide bonds. The summed E-state index contributed by atoms with van der Waals surface area (Å²) in [6.07, 6.45) is 9.91. The molecule has 0 saturated carbocycles. The number of anilines is 1. The van der Waals surface area contributed by atoms with Crippen molar-refractivity contribution in [2.75, 3.05) is 18.4 Å². The van der Waals surface area contributed by atoms with Crippen molar-refractivity contribution in [3.8, 4) is 29.0 Å². The number of terminal acetylenes is 1. The van der Waals surface area contributed by atoms with Gasteiger partial charge >= 0.3 is 0 Å². The number of hydrogen-bond donors (Lipinski definition) is 1. The Hall–Kier alpha value is -2.83. The largest absolute Gasteiger partial charge is 0.310 e. The molecule has 1 aromatic carbocycles. The van der Waals surface area contributed by atoms with Gasteiger partial charge in [-0.15, -0.1) is 6.42 Å². The molecular weight excluding hydrogens is 308 g/mol. The summed E-state index contributed by atoms with van der Waals surface area (Å²) in [5.41, 5.74) is 1.79. The van der Waals surface area contributed by atoms with Crippen LogP contribution in [0.25, 0.3) is 10.4 Å². The van der Waals surface area contributed by atoms with Gasteiger partial charge in [0.05, 0.1) is 10.8 Å². The van der Waals surface area contributed by atoms with Crippen molar-refractivity contribution in [3.05, 3.63) is 36.0 Å². The van der Waals surface area contributed by atoms with Crippen LogP contribution in [0.4, 0.5) is 5.13 Å². The van der Waals surface area contributed by atoms with Gasteiger partial charge in [-0.05, 0) is 24.1 Å². The van der Waals surface area contributed by atoms with Crippen molar-refractivity contribution in [1.82, 2.24) is 9.88 Å². The van der Waals surface area contributed by atoms with Crippen molar-refractivity contribution in [1.29, 1.82) is 5.26 Å². The molecule has 1 aliphatic rings. The maximum Gasteiger partial charge on any atom is 0.231 e. The highest BCUT2D eigenvalue weighted by atomic mass is 32.1. The number of rotatable bonds is 3. The molecule has 5 nitrogen and oxygen atoms in total. The Labute approximate surface area is 138 Å². The first kappa shape index (κ1) is 15.1. The zero-order chi connectivity index (χ0) is 16.2. The number of nitrogens with zero attached hydrogens (tertiary/aromatic N) is 3. The lowest BCUT2D eigenvalue weighted by atomic mass is 10.1. The Kier molecular flexibility index (Phi) is 4.27. The third-order valence-corrected chi connectivity index (χ3v) is 4.71. The molecule has 0 bridgehead atoms. The predicted octanol–water partition coefficient (Wildman–Crippen LogP) is 2.53. The fourth-order valence-electron chi connectivity index (χ4n) is 2.50. The van der Waals surface area contributed by atoms with Gasteiger partial charge in [0.25, 0.3) is 0 Å². The van der Waals surface area contributed by atoms with Gasteiger partial charge in [0, 0.05) is 24.8 Å². The second-order valence-electron chi connectivity index (χ2n) is 5.28. The van der Waals surface area contributed by atoms with Crippen LogP contribution in [0.1, 0.15) is 12.0 Å². The molecule has 1 aromatic heterocycles. The summed E-state index contributed by atoms with van der Waals surface area (Å²) in [6.45, 7) is 1.11. The SMILES string of the molecule is C#Cc1cccc(-c2cnc(NC(=O)C3CCN(C#N)C3)s2)c1. The molecule has 6 heteroatoms. The zero-order valence-electron chi connectivity index (χ0n) is 12.3. The first-order valence-electron chi connectivity index (χ1n) is 7.18. The van der Waals surface area contributed by atoms with Gasteiger partial charge in [0.1, 0.15) is 0 Å². The molecule has 0 spiro atoms. The second kappa shape index (κ2) is 6.51. The van der Waals surface area contributed by atoms with E-state index in [1.54, 1.807) is 11.1 Å². The molecule has 1 atom stereocenters. The Bertz CT molecular complexity index is 814. The number of carbonyl (C=O) groups excluding carboxylic acids is 1. The molecule has 1 saturated heterocycles. The maximum atomic E-state index is 12.2. The van der Waals surface area contributed by atoms with Crippen molar-refractivity contribution >= 4 is 22.4 Å². The molecule has 0 aliphatic carbocycles. The van der Waals surface area contributed by atoms with E-state index in [1.165, 1.54) is 11.3 Å². The molecule has 23 heavy (non-hydrogen) atoms. The first-order chi connectivity index (χ1) is 11.2. The highest BCUT2D eigenvalue weighted by molar-refractivity contribution is 7.19. The van der Waals surface area contributed by atoms with Crippen molar-refractivity contribution in [2.45, 2.75) is 6.42 Å². The summed E-state index contributed by atoms with van der Waals surface area (Å²) < 4.78 is 0. The number of nitriles is 1. The molecule has 1 N–H and O–H groups in total. The van der Waals surface area contributed by atoms with Gasteiger partial charge in [-0.2, -0.15) is 5.26 Å². The summed E-state index contributed by atoms with van der Waals surface area (Å²) in [5.74, 6) is 2.36. The second-order valence-corrected chi connectivity index (χ2v) is 6.31. The van der Waals surface area contributed by atoms with E-state index in [9.17, 15) is 4.79 Å². The Morgan fingerprint density at radius 1 is 1.52 bits per heavy atom. The van der Waals surface area contributed by atoms with Crippen LogP contribution in [-0.2, 0) is 4.79 Å². The van der Waals surface area contributed by atoms with Crippen LogP contribution in [0.5, 0.6) is 0 Å². The molecule has 1 fully saturated rings. The van der Waals surface area contributed by atoms with Gasteiger partial charge in [0.15, 0.2) is 11.3 Å². The van der Waals surface area contributed by atoms with Gasteiger partial charge in [-0.1, -0.05) is 29.4 Å². The van der Waals surface area contributed by atoms with Crippen molar-refractivity contribution < 1.29 is 4.79 Å². The van der Waals surface area contributed by atoms with Gasteiger partial charge in [-0.3, -0.25) is 4.79 Å². The van der Waals surface area contributed by atoms with E-state index in [4.69, 9.17) is 11.7 Å². The number of carbonyl (C=O) groups is 1. The van der Waals surface area contributed by atoms with E-state index in [2.05, 4.69) is 22.4 Å². The Balaban J connectivity index is 1.69. The minimum atomic E-state index is -0.160. The van der Waals surface area contributed by atoms with Crippen LogP contribution in [-0.4, -0.2) is 28.9 Å². The summed E-state index contributed by atoms with van der Waals surface area (Å²) >= 11 is 1.41. The van der Waals surface area contributed by atoms with Crippen LogP contribution in [0.15, 0.2) is 30.5 Å². The van der Waals surface area contributed by atoms with E-state index in [1.807, 2.05) is 24.3 Å². The molecule has 3 rings (SSSR count). The third-order valence-electron chi connectivity index (χ3n) is 3.75. The minimum Gasteiger partial charge on any atom is -0.310 e. The van der Waals surface area contributed by atoms with Crippen molar-refractivity contribution in [3.63, 3.8) is 0 Å². The molecule has 2 aromatic rings. The highest BCUT2D eigenvalue weighted by Crippen LogP contribution is 2.30. The number of aromatic nitrogens is 1. The quantitative estimate of drug-likeness (QED) is 0.696. The summed E-state index contributed by atoms with van der Waals surface area (Å²) in [5, 5.41) is 12.2. The first-order valence-corrected chi connectivity index (χ1v) is 7.99. The Morgan fingerprint density at radius 2 is 2.39 bits per heavy atom. The fourth-order valence-corrected chi connectivity index (χ4v) is 3.32. The molecule has 2 heterocycles. The van der Waals surface area contributed by atoms with E-state index >= 15 is 0 Å². The van der Waals surface area contributed by atoms with E-state index in [-0.39, 0.29) is 11.8 Å². The maximum absolute atomic E-state index is 12.2. The van der Waals surface area contributed by atoms with E-state index in [0.717, 1.165) is 16.0 Å². The summed E-state index contributed by atoms with van der Waals surface area (Å²) in [7, 11) is 0. The van der Waals surface area contributed by atoms with Crippen LogP contribution in [0.3, 0.4) is 0 Å². The molecule has 1 aliphatic heterocycles. The number of nitrogens with one attached hydrogen (secondary N) is 1. The predicted molar refractivity (Wildman–Crippen MR) is 89.4 cm³/mol. The standard InChI is InChI=1S/C17H14N4OS/c1-2-12-4-3-5-13(8-12)15-9-19-17(23-15)20-16(22)14-6-7-21(10-14)11-18/h1,3-5,8-9,14H,6-7,10H2,(H,19,20,22). The molecule has 1 unspecified atom stereocenters. The average Bonchev–Trinajstić information content (AvgIpc) is 3.24. The zero-order valence-corrected chi connectivity index (χ0v) is 13.1. The summed E-state index contributed by atoms with van der Waals surface area (Å²) in [6, 6.07) is 7.65. The fraction of sp³-hybridized carbons (Fsp3) is 0.235. The lowest BCUT2D eigenvalue weighted by Gasteiger charge is -2.08. The van der Waals surface area contributed by atoms with Crippen LogP contribution < -0.4 is 5.32 Å². The minimum absolute atomic E-state index is 0.0824. The van der Waals surface area contributed by atoms with Crippen molar-refractivity contribution in [2.24, 2.45) is 5.92 Å². The van der Waals surface area contributed by atoms with Gasteiger partial charge in [0.2, 0.25) is 5.91 Å². The van der Waals surface area contributed by atoms with Crippen LogP contribution in [0, 0.1) is 29.7 Å². The lowest BCUT2D eigenvalue weighted by molar-refractivity contribution is -0.119. The molecular formula is C17H14N4OS. The highest BCUT2D eigenvalue weighted by Gasteiger charge is 2.28. The van der Waals surface area contributed by atoms with Crippen LogP contribution in [0.2, 0.25) is 0 Å². The number of thiazole rings is 1. The smallest absolute Gasteiger partial charge is 0.231 e. The number of likely N-dealkylation sites (tertiary alicyclic amines) is 1. The van der Waals surface area contributed by atoms with Gasteiger partial charge < -0.3 is 10.2 Å². The molecule has 114 valence electrons. The monoisotopic (exact) mass is 322 g/mol. The van der Waals surface area contributed by atoms with Gasteiger partial charge in [-0.25, -0.2) is 4.98 Å². The third kappa shape index (κ3) is 3.33. The average molecular weight is 322 g/mol. The number of benzene rings is 1. The topological polar surface area (TPSA) is 69.0 Å². The number of hydrogen-bond acceptors (Lipinski definition) is 5. The normalized spacial score (nSPS) is 16.6. The van der Waals surface area contributed by atoms with Crippen LogP contribution >= 0.6 is 11.3 Å². The van der Waals surface area contributed by atoms with E-state index in [0.29, 0.717) is 24.6 Å². The summed E-state index contributed by atoms with van der Waals surface area (Å²) in [4.78, 5) is 19.0. The molecule has 0 radical (unpaired) electrons. The Morgan fingerprint density at radius 3 is 3.13 bits per heavy atom. The number of amides is 1. The lowest BCUT2D eigenvalue weighted by Crippen LogP contribution is -2.25. The van der Waals surface area contributed by atoms with E-state index < -0.39 is 0 Å².